The Morgan fingerprint density at radius 2 is 2.13 bits per heavy atom. The van der Waals surface area contributed by atoms with Crippen molar-refractivity contribution in [2.75, 3.05) is 19.7 Å². The van der Waals surface area contributed by atoms with E-state index < -0.39 is 17.8 Å². The summed E-state index contributed by atoms with van der Waals surface area (Å²) in [5.74, 6) is 0.0852. The number of halogens is 3. The summed E-state index contributed by atoms with van der Waals surface area (Å²) in [6, 6.07) is 4.69. The minimum atomic E-state index is -4.40. The van der Waals surface area contributed by atoms with Crippen LogP contribution in [0.5, 0.6) is 0 Å². The summed E-state index contributed by atoms with van der Waals surface area (Å²) in [7, 11) is 0. The molecule has 23 heavy (non-hydrogen) atoms. The number of urea groups is 1. The molecular formula is C16H21F3N2O2. The van der Waals surface area contributed by atoms with Crippen molar-refractivity contribution in [2.24, 2.45) is 5.92 Å². The van der Waals surface area contributed by atoms with Crippen molar-refractivity contribution in [2.45, 2.75) is 32.0 Å². The number of carbonyl (C=O) groups is 1. The average Bonchev–Trinajstić information content (AvgIpc) is 2.95. The van der Waals surface area contributed by atoms with E-state index in [1.54, 1.807) is 17.9 Å². The predicted octanol–water partition coefficient (Wildman–Crippen LogP) is 2.66. The number of amides is 2. The maximum absolute atomic E-state index is 13.0. The first-order valence-electron chi connectivity index (χ1n) is 7.62. The molecule has 1 fully saturated rings. The summed E-state index contributed by atoms with van der Waals surface area (Å²) in [6.45, 7) is 2.76. The molecule has 0 saturated carbocycles. The van der Waals surface area contributed by atoms with Crippen LogP contribution < -0.4 is 5.32 Å². The van der Waals surface area contributed by atoms with Crippen LogP contribution >= 0.6 is 0 Å². The zero-order valence-corrected chi connectivity index (χ0v) is 12.9. The van der Waals surface area contributed by atoms with Gasteiger partial charge >= 0.3 is 12.2 Å². The van der Waals surface area contributed by atoms with Crippen molar-refractivity contribution in [1.29, 1.82) is 0 Å². The van der Waals surface area contributed by atoms with Gasteiger partial charge in [-0.05, 0) is 31.4 Å². The highest BCUT2D eigenvalue weighted by Crippen LogP contribution is 2.32. The van der Waals surface area contributed by atoms with Crippen LogP contribution in [0.15, 0.2) is 24.3 Å². The second kappa shape index (κ2) is 7.21. The molecule has 1 aliphatic rings. The number of carbonyl (C=O) groups excluding carboxylic acids is 1. The Morgan fingerprint density at radius 3 is 2.74 bits per heavy atom. The number of aliphatic hydroxyl groups excluding tert-OH is 1. The van der Waals surface area contributed by atoms with Gasteiger partial charge in [0.15, 0.2) is 0 Å². The maximum atomic E-state index is 13.0. The molecule has 4 nitrogen and oxygen atoms in total. The highest BCUT2D eigenvalue weighted by Gasteiger charge is 2.33. The second-order valence-electron chi connectivity index (χ2n) is 5.99. The summed E-state index contributed by atoms with van der Waals surface area (Å²) in [6.07, 6.45) is -3.54. The number of likely N-dealkylation sites (tertiary alicyclic amines) is 1. The molecule has 1 aliphatic heterocycles. The smallest absolute Gasteiger partial charge is 0.396 e. The molecule has 1 aromatic carbocycles. The van der Waals surface area contributed by atoms with Crippen LogP contribution in [-0.4, -0.2) is 41.8 Å². The molecule has 0 spiro atoms. The molecule has 1 heterocycles. The van der Waals surface area contributed by atoms with Crippen molar-refractivity contribution in [1.82, 2.24) is 10.2 Å². The van der Waals surface area contributed by atoms with E-state index in [9.17, 15) is 18.0 Å². The lowest BCUT2D eigenvalue weighted by Gasteiger charge is -2.22. The second-order valence-corrected chi connectivity index (χ2v) is 5.99. The van der Waals surface area contributed by atoms with Crippen molar-refractivity contribution >= 4 is 6.03 Å². The number of nitrogens with zero attached hydrogens (tertiary/aromatic N) is 1. The fourth-order valence-corrected chi connectivity index (χ4v) is 2.82. The third kappa shape index (κ3) is 4.60. The van der Waals surface area contributed by atoms with Gasteiger partial charge < -0.3 is 15.3 Å². The van der Waals surface area contributed by atoms with Crippen LogP contribution in [-0.2, 0) is 12.6 Å². The summed E-state index contributed by atoms with van der Waals surface area (Å²) < 4.78 is 38.9. The van der Waals surface area contributed by atoms with Gasteiger partial charge in [0.2, 0.25) is 0 Å². The molecule has 2 atom stereocenters. The molecule has 0 unspecified atom stereocenters. The van der Waals surface area contributed by atoms with Crippen molar-refractivity contribution in [3.63, 3.8) is 0 Å². The number of rotatable bonds is 4. The van der Waals surface area contributed by atoms with Crippen LogP contribution in [0.3, 0.4) is 0 Å². The Morgan fingerprint density at radius 1 is 1.43 bits per heavy atom. The summed E-state index contributed by atoms with van der Waals surface area (Å²) in [4.78, 5) is 13.7. The highest BCUT2D eigenvalue weighted by atomic mass is 19.4. The zero-order chi connectivity index (χ0) is 17.0. The van der Waals surface area contributed by atoms with Gasteiger partial charge in [0, 0.05) is 31.7 Å². The molecule has 1 aromatic rings. The van der Waals surface area contributed by atoms with E-state index in [-0.39, 0.29) is 30.5 Å². The van der Waals surface area contributed by atoms with E-state index >= 15 is 0 Å². The lowest BCUT2D eigenvalue weighted by Crippen LogP contribution is -2.43. The van der Waals surface area contributed by atoms with E-state index in [0.29, 0.717) is 13.1 Å². The van der Waals surface area contributed by atoms with E-state index in [1.807, 2.05) is 0 Å². The summed E-state index contributed by atoms with van der Waals surface area (Å²) in [5, 5.41) is 11.8. The first kappa shape index (κ1) is 17.6. The first-order valence-corrected chi connectivity index (χ1v) is 7.62. The Hall–Kier alpha value is -1.76. The normalized spacial score (nSPS) is 19.7. The minimum absolute atomic E-state index is 0.0400. The van der Waals surface area contributed by atoms with E-state index in [4.69, 9.17) is 5.11 Å². The molecule has 1 saturated heterocycles. The Balaban J connectivity index is 1.95. The van der Waals surface area contributed by atoms with Crippen LogP contribution in [0.4, 0.5) is 18.0 Å². The number of benzene rings is 1. The number of hydrogen-bond donors (Lipinski definition) is 2. The van der Waals surface area contributed by atoms with Gasteiger partial charge in [0.05, 0.1) is 5.56 Å². The standard InChI is InChI=1S/C16H21F3N2O2/c1-11(20-15(23)21-7-6-12(9-21)10-22)8-13-4-2-3-5-14(13)16(17,18)19/h2-5,11-12,22H,6-10H2,1H3,(H,20,23)/t11-,12+/m1/s1. The topological polar surface area (TPSA) is 52.6 Å². The predicted molar refractivity (Wildman–Crippen MR) is 79.9 cm³/mol. The average molecular weight is 330 g/mol. The van der Waals surface area contributed by atoms with Gasteiger partial charge in [-0.25, -0.2) is 4.79 Å². The van der Waals surface area contributed by atoms with Gasteiger partial charge in [-0.1, -0.05) is 18.2 Å². The molecular weight excluding hydrogens is 309 g/mol. The Bertz CT molecular complexity index is 548. The fraction of sp³-hybridized carbons (Fsp3) is 0.562. The molecule has 0 aliphatic carbocycles. The molecule has 2 amide bonds. The van der Waals surface area contributed by atoms with Crippen LogP contribution in [0, 0.1) is 5.92 Å². The number of hydrogen-bond acceptors (Lipinski definition) is 2. The van der Waals surface area contributed by atoms with Crippen LogP contribution in [0.1, 0.15) is 24.5 Å². The fourth-order valence-electron chi connectivity index (χ4n) is 2.82. The highest BCUT2D eigenvalue weighted by molar-refractivity contribution is 5.74. The van der Waals surface area contributed by atoms with E-state index in [2.05, 4.69) is 5.32 Å². The third-order valence-corrected chi connectivity index (χ3v) is 4.05. The minimum Gasteiger partial charge on any atom is -0.396 e. The van der Waals surface area contributed by atoms with Gasteiger partial charge in [-0.3, -0.25) is 0 Å². The third-order valence-electron chi connectivity index (χ3n) is 4.05. The van der Waals surface area contributed by atoms with Crippen LogP contribution in [0.25, 0.3) is 0 Å². The zero-order valence-electron chi connectivity index (χ0n) is 12.9. The molecule has 0 radical (unpaired) electrons. The van der Waals surface area contributed by atoms with Crippen molar-refractivity contribution in [3.8, 4) is 0 Å². The molecule has 128 valence electrons. The van der Waals surface area contributed by atoms with Gasteiger partial charge in [-0.2, -0.15) is 13.2 Å². The largest absolute Gasteiger partial charge is 0.416 e. The Labute approximate surface area is 133 Å². The van der Waals surface area contributed by atoms with Crippen molar-refractivity contribution in [3.05, 3.63) is 35.4 Å². The lowest BCUT2D eigenvalue weighted by molar-refractivity contribution is -0.138. The molecule has 0 bridgehead atoms. The van der Waals surface area contributed by atoms with Gasteiger partial charge in [-0.15, -0.1) is 0 Å². The maximum Gasteiger partial charge on any atom is 0.416 e. The van der Waals surface area contributed by atoms with Crippen molar-refractivity contribution < 1.29 is 23.1 Å². The first-order chi connectivity index (χ1) is 10.8. The van der Waals surface area contributed by atoms with Gasteiger partial charge in [0.25, 0.3) is 0 Å². The monoisotopic (exact) mass is 330 g/mol. The van der Waals surface area contributed by atoms with E-state index in [1.165, 1.54) is 12.1 Å². The Kier molecular flexibility index (Phi) is 5.51. The lowest BCUT2D eigenvalue weighted by atomic mass is 10.0. The molecule has 2 rings (SSSR count). The van der Waals surface area contributed by atoms with Gasteiger partial charge in [0.1, 0.15) is 0 Å². The number of alkyl halides is 3. The molecule has 7 heteroatoms. The number of aliphatic hydroxyl groups is 1. The molecule has 2 N–H and O–H groups in total. The quantitative estimate of drug-likeness (QED) is 0.892. The summed E-state index contributed by atoms with van der Waals surface area (Å²) >= 11 is 0. The SMILES string of the molecule is C[C@H](Cc1ccccc1C(F)(F)F)NC(=O)N1CC[C@H](CO)C1. The molecule has 0 aromatic heterocycles. The summed E-state index contributed by atoms with van der Waals surface area (Å²) in [5.41, 5.74) is -0.495. The number of nitrogens with one attached hydrogen (secondary N) is 1. The van der Waals surface area contributed by atoms with Crippen LogP contribution in [0.2, 0.25) is 0 Å². The van der Waals surface area contributed by atoms with E-state index in [0.717, 1.165) is 12.5 Å².